The fourth-order valence-electron chi connectivity index (χ4n) is 1.38. The van der Waals surface area contributed by atoms with Crippen LogP contribution in [0.4, 0.5) is 0 Å². The van der Waals surface area contributed by atoms with Gasteiger partial charge in [0, 0.05) is 23.8 Å². The zero-order chi connectivity index (χ0) is 9.10. The molecule has 0 unspecified atom stereocenters. The first-order chi connectivity index (χ1) is 6.42. The van der Waals surface area contributed by atoms with Gasteiger partial charge in [-0.05, 0) is 0 Å². The smallest absolute Gasteiger partial charge is 0.150 e. The second kappa shape index (κ2) is 3.35. The number of hydrogen-bond donors (Lipinski definition) is 0. The van der Waals surface area contributed by atoms with Gasteiger partial charge in [-0.25, -0.2) is 0 Å². The van der Waals surface area contributed by atoms with Crippen LogP contribution in [-0.2, 0) is 0 Å². The van der Waals surface area contributed by atoms with Crippen molar-refractivity contribution in [2.45, 2.75) is 6.42 Å². The first-order valence-electron chi connectivity index (χ1n) is 4.19. The average molecular weight is 171 g/mol. The lowest BCUT2D eigenvalue weighted by Gasteiger charge is -2.01. The molecule has 2 rings (SSSR count). The Kier molecular flexibility index (Phi) is 2.04. The van der Waals surface area contributed by atoms with Gasteiger partial charge in [0.25, 0.3) is 0 Å². The maximum Gasteiger partial charge on any atom is 0.150 e. The zero-order valence-corrected chi connectivity index (χ0v) is 7.10. The van der Waals surface area contributed by atoms with Crippen LogP contribution in [0.25, 0.3) is 5.70 Å². The van der Waals surface area contributed by atoms with Gasteiger partial charge in [-0.3, -0.25) is 9.79 Å². The molecule has 0 saturated carbocycles. The van der Waals surface area contributed by atoms with Crippen molar-refractivity contribution < 1.29 is 4.79 Å². The summed E-state index contributed by atoms with van der Waals surface area (Å²) >= 11 is 0. The van der Waals surface area contributed by atoms with E-state index < -0.39 is 0 Å². The van der Waals surface area contributed by atoms with Crippen LogP contribution in [0.5, 0.6) is 0 Å². The van der Waals surface area contributed by atoms with Crippen molar-refractivity contribution in [1.29, 1.82) is 0 Å². The quantitative estimate of drug-likeness (QED) is 0.628. The monoisotopic (exact) mass is 171 g/mol. The van der Waals surface area contributed by atoms with Crippen molar-refractivity contribution in [2.75, 3.05) is 0 Å². The first-order valence-corrected chi connectivity index (χ1v) is 4.19. The topological polar surface area (TPSA) is 29.4 Å². The van der Waals surface area contributed by atoms with Crippen LogP contribution in [0.15, 0.2) is 35.3 Å². The fourth-order valence-corrected chi connectivity index (χ4v) is 1.38. The van der Waals surface area contributed by atoms with Crippen LogP contribution in [0.2, 0.25) is 0 Å². The Morgan fingerprint density at radius 2 is 2.15 bits per heavy atom. The Morgan fingerprint density at radius 1 is 1.31 bits per heavy atom. The molecule has 0 N–H and O–H groups in total. The third-order valence-electron chi connectivity index (χ3n) is 2.01. The lowest BCUT2D eigenvalue weighted by molar-refractivity contribution is 0.112. The van der Waals surface area contributed by atoms with E-state index >= 15 is 0 Å². The van der Waals surface area contributed by atoms with Crippen molar-refractivity contribution in [3.05, 3.63) is 41.5 Å². The number of carbonyl (C=O) groups is 1. The second-order valence-corrected chi connectivity index (χ2v) is 2.84. The van der Waals surface area contributed by atoms with E-state index in [4.69, 9.17) is 0 Å². The number of nitrogens with zero attached hydrogens (tertiary/aromatic N) is 1. The van der Waals surface area contributed by atoms with E-state index in [1.54, 1.807) is 6.07 Å². The molecule has 0 aromatic heterocycles. The molecule has 1 heterocycles. The Labute approximate surface area is 76.6 Å². The lowest BCUT2D eigenvalue weighted by Crippen LogP contribution is -1.88. The van der Waals surface area contributed by atoms with Gasteiger partial charge < -0.3 is 0 Å². The van der Waals surface area contributed by atoms with E-state index in [0.29, 0.717) is 5.56 Å². The maximum atomic E-state index is 10.7. The van der Waals surface area contributed by atoms with Crippen molar-refractivity contribution in [3.8, 4) is 0 Å². The minimum atomic E-state index is 0.702. The van der Waals surface area contributed by atoms with Gasteiger partial charge in [0.05, 0.1) is 5.70 Å². The van der Waals surface area contributed by atoms with Gasteiger partial charge in [0.2, 0.25) is 0 Å². The van der Waals surface area contributed by atoms with Gasteiger partial charge in [0.15, 0.2) is 6.29 Å². The number of benzene rings is 1. The predicted octanol–water partition coefficient (Wildman–Crippen LogP) is 2.31. The number of allylic oxidation sites excluding steroid dienone is 1. The number of carbonyl (C=O) groups excluding carboxylic acids is 1. The maximum absolute atomic E-state index is 10.7. The molecular weight excluding hydrogens is 162 g/mol. The molecule has 2 nitrogen and oxygen atoms in total. The van der Waals surface area contributed by atoms with Crippen molar-refractivity contribution in [2.24, 2.45) is 4.99 Å². The summed E-state index contributed by atoms with van der Waals surface area (Å²) in [6.07, 6.45) is 5.59. The Morgan fingerprint density at radius 3 is 2.85 bits per heavy atom. The zero-order valence-electron chi connectivity index (χ0n) is 7.10. The van der Waals surface area contributed by atoms with Gasteiger partial charge in [0.1, 0.15) is 0 Å². The van der Waals surface area contributed by atoms with Crippen LogP contribution in [0.3, 0.4) is 0 Å². The summed E-state index contributed by atoms with van der Waals surface area (Å²) < 4.78 is 0. The van der Waals surface area contributed by atoms with Crippen molar-refractivity contribution >= 4 is 18.2 Å². The highest BCUT2D eigenvalue weighted by Gasteiger charge is 2.06. The molecule has 1 aromatic carbocycles. The van der Waals surface area contributed by atoms with Crippen LogP contribution >= 0.6 is 0 Å². The van der Waals surface area contributed by atoms with E-state index in [1.807, 2.05) is 30.5 Å². The highest BCUT2D eigenvalue weighted by atomic mass is 16.1. The molecule has 0 atom stereocenters. The summed E-state index contributed by atoms with van der Waals surface area (Å²) in [5, 5.41) is 0. The SMILES string of the molecule is O=Cc1ccccc1C1=CCC=N1. The first kappa shape index (κ1) is 7.92. The Bertz CT molecular complexity index is 391. The number of hydrogen-bond acceptors (Lipinski definition) is 2. The van der Waals surface area contributed by atoms with Crippen molar-refractivity contribution in [3.63, 3.8) is 0 Å². The molecule has 2 heteroatoms. The molecule has 0 fully saturated rings. The molecule has 0 radical (unpaired) electrons. The molecule has 0 saturated heterocycles. The normalized spacial score (nSPS) is 14.3. The largest absolute Gasteiger partial charge is 0.298 e. The van der Waals surface area contributed by atoms with E-state index in [-0.39, 0.29) is 0 Å². The molecule has 0 amide bonds. The molecule has 0 bridgehead atoms. The number of aldehydes is 1. The predicted molar refractivity (Wildman–Crippen MR) is 52.9 cm³/mol. The lowest BCUT2D eigenvalue weighted by atomic mass is 10.1. The molecule has 13 heavy (non-hydrogen) atoms. The second-order valence-electron chi connectivity index (χ2n) is 2.84. The van der Waals surface area contributed by atoms with E-state index in [2.05, 4.69) is 4.99 Å². The summed E-state index contributed by atoms with van der Waals surface area (Å²) in [5.74, 6) is 0. The van der Waals surface area contributed by atoms with E-state index in [0.717, 1.165) is 24.0 Å². The summed E-state index contributed by atoms with van der Waals surface area (Å²) in [5.41, 5.74) is 2.53. The molecule has 1 aliphatic heterocycles. The summed E-state index contributed by atoms with van der Waals surface area (Å²) in [7, 11) is 0. The van der Waals surface area contributed by atoms with Gasteiger partial charge in [-0.1, -0.05) is 30.3 Å². The highest BCUT2D eigenvalue weighted by Crippen LogP contribution is 2.22. The molecule has 1 aliphatic rings. The average Bonchev–Trinajstić information content (AvgIpc) is 2.70. The molecule has 0 aliphatic carbocycles. The summed E-state index contributed by atoms with van der Waals surface area (Å²) in [6, 6.07) is 7.48. The number of aliphatic imine (C=N–C) groups is 1. The standard InChI is InChI=1S/C11H9NO/c13-8-9-4-1-2-5-10(9)11-6-3-7-12-11/h1-2,4-8H,3H2. The van der Waals surface area contributed by atoms with E-state index in [1.165, 1.54) is 0 Å². The van der Waals surface area contributed by atoms with Gasteiger partial charge in [-0.15, -0.1) is 0 Å². The Hall–Kier alpha value is -1.70. The van der Waals surface area contributed by atoms with Gasteiger partial charge >= 0.3 is 0 Å². The number of rotatable bonds is 2. The van der Waals surface area contributed by atoms with E-state index in [9.17, 15) is 4.79 Å². The van der Waals surface area contributed by atoms with Crippen LogP contribution in [0, 0.1) is 0 Å². The molecule has 1 aromatic rings. The minimum Gasteiger partial charge on any atom is -0.298 e. The Balaban J connectivity index is 2.49. The third kappa shape index (κ3) is 1.43. The highest BCUT2D eigenvalue weighted by molar-refractivity contribution is 5.89. The van der Waals surface area contributed by atoms with Gasteiger partial charge in [-0.2, -0.15) is 0 Å². The third-order valence-corrected chi connectivity index (χ3v) is 2.01. The van der Waals surface area contributed by atoms with Crippen LogP contribution in [-0.4, -0.2) is 12.5 Å². The molecule has 0 spiro atoms. The molecule has 64 valence electrons. The molecular formula is C11H9NO. The fraction of sp³-hybridized carbons (Fsp3) is 0.0909. The van der Waals surface area contributed by atoms with Crippen molar-refractivity contribution in [1.82, 2.24) is 0 Å². The van der Waals surface area contributed by atoms with Crippen LogP contribution in [0.1, 0.15) is 22.3 Å². The van der Waals surface area contributed by atoms with Crippen LogP contribution < -0.4 is 0 Å². The summed E-state index contributed by atoms with van der Waals surface area (Å²) in [6.45, 7) is 0. The summed E-state index contributed by atoms with van der Waals surface area (Å²) in [4.78, 5) is 14.9. The minimum absolute atomic E-state index is 0.702.